The number of amides is 3. The van der Waals surface area contributed by atoms with Gasteiger partial charge in [-0.3, -0.25) is 9.59 Å². The number of hydrogen-bond donors (Lipinski definition) is 4. The van der Waals surface area contributed by atoms with Gasteiger partial charge >= 0.3 is 6.09 Å². The smallest absolute Gasteiger partial charge is 0.408 e. The minimum absolute atomic E-state index is 0.00168. The number of carbonyl (C=O) groups is 3. The molecule has 5 rings (SSSR count). The van der Waals surface area contributed by atoms with Crippen LogP contribution < -0.4 is 16.0 Å². The molecule has 3 aliphatic rings. The maximum atomic E-state index is 13.8. The molecule has 250 valence electrons. The summed E-state index contributed by atoms with van der Waals surface area (Å²) in [5, 5.41) is 20.4. The molecule has 3 amide bonds. The van der Waals surface area contributed by atoms with Crippen LogP contribution in [0.1, 0.15) is 101 Å². The van der Waals surface area contributed by atoms with Crippen molar-refractivity contribution in [2.45, 2.75) is 114 Å². The highest BCUT2D eigenvalue weighted by Gasteiger charge is 2.45. The molecule has 10 heteroatoms. The summed E-state index contributed by atoms with van der Waals surface area (Å²) in [6.45, 7) is -0.292. The van der Waals surface area contributed by atoms with E-state index in [9.17, 15) is 19.5 Å². The van der Waals surface area contributed by atoms with E-state index in [0.717, 1.165) is 68.9 Å². The molecule has 0 radical (unpaired) electrons. The maximum Gasteiger partial charge on any atom is 0.408 e. The van der Waals surface area contributed by atoms with E-state index in [1.807, 2.05) is 24.3 Å². The van der Waals surface area contributed by atoms with E-state index < -0.39 is 24.3 Å². The Hall–Kier alpha value is -2.81. The van der Waals surface area contributed by atoms with Crippen molar-refractivity contribution in [1.29, 1.82) is 0 Å². The molecule has 4 N–H and O–H groups in total. The first-order chi connectivity index (χ1) is 22.2. The Kier molecular flexibility index (Phi) is 12.3. The molecule has 2 saturated carbocycles. The van der Waals surface area contributed by atoms with Crippen LogP contribution >= 0.6 is 23.2 Å². The predicted molar refractivity (Wildman–Crippen MR) is 180 cm³/mol. The van der Waals surface area contributed by atoms with Crippen molar-refractivity contribution in [3.8, 4) is 0 Å². The van der Waals surface area contributed by atoms with Gasteiger partial charge in [0.05, 0.1) is 12.6 Å². The minimum Gasteiger partial charge on any atom is -0.441 e. The number of carbonyl (C=O) groups excluding carboxylic acids is 3. The third-order valence-corrected chi connectivity index (χ3v) is 10.5. The summed E-state index contributed by atoms with van der Waals surface area (Å²) < 4.78 is 5.99. The average Bonchev–Trinajstić information content (AvgIpc) is 3.33. The molecule has 4 atom stereocenters. The number of aliphatic hydroxyl groups is 1. The van der Waals surface area contributed by atoms with E-state index in [1.54, 1.807) is 24.3 Å². The average molecular weight is 673 g/mol. The third-order valence-electron chi connectivity index (χ3n) is 10.0. The fourth-order valence-electron chi connectivity index (χ4n) is 7.66. The number of alkyl carbamates (subject to hydrolysis) is 1. The molecule has 1 saturated heterocycles. The van der Waals surface area contributed by atoms with Gasteiger partial charge in [-0.05, 0) is 73.4 Å². The first kappa shape index (κ1) is 34.5. The van der Waals surface area contributed by atoms with E-state index in [0.29, 0.717) is 35.2 Å². The molecule has 3 unspecified atom stereocenters. The first-order valence-corrected chi connectivity index (χ1v) is 17.7. The molecule has 8 nitrogen and oxygen atoms in total. The summed E-state index contributed by atoms with van der Waals surface area (Å²) in [6, 6.07) is 13.1. The molecule has 2 aromatic rings. The topological polar surface area (TPSA) is 117 Å². The fourth-order valence-corrected chi connectivity index (χ4v) is 8.07. The number of nitrogens with one attached hydrogen (secondary N) is 3. The van der Waals surface area contributed by atoms with Gasteiger partial charge in [-0.25, -0.2) is 4.79 Å². The number of aliphatic hydroxyl groups excluding tert-OH is 1. The summed E-state index contributed by atoms with van der Waals surface area (Å²) in [4.78, 5) is 40.2. The normalized spacial score (nSPS) is 21.6. The fraction of sp³-hybridized carbons (Fsp3) is 0.583. The van der Waals surface area contributed by atoms with Crippen molar-refractivity contribution in [3.63, 3.8) is 0 Å². The largest absolute Gasteiger partial charge is 0.441 e. The van der Waals surface area contributed by atoms with E-state index in [2.05, 4.69) is 16.0 Å². The second kappa shape index (κ2) is 16.3. The van der Waals surface area contributed by atoms with Crippen LogP contribution in [0.2, 0.25) is 10.0 Å². The molecule has 0 bridgehead atoms. The van der Waals surface area contributed by atoms with Crippen molar-refractivity contribution < 1.29 is 24.2 Å². The summed E-state index contributed by atoms with van der Waals surface area (Å²) in [7, 11) is 0. The molecule has 1 heterocycles. The Balaban J connectivity index is 1.27. The van der Waals surface area contributed by atoms with Gasteiger partial charge in [0.1, 0.15) is 12.1 Å². The Morgan fingerprint density at radius 3 is 2.33 bits per heavy atom. The first-order valence-electron chi connectivity index (χ1n) is 16.9. The highest BCUT2D eigenvalue weighted by atomic mass is 35.5. The van der Waals surface area contributed by atoms with Gasteiger partial charge in [0.15, 0.2) is 0 Å². The Morgan fingerprint density at radius 1 is 0.935 bits per heavy atom. The number of ether oxygens (including phenoxy) is 1. The van der Waals surface area contributed by atoms with Crippen LogP contribution in [0.5, 0.6) is 0 Å². The van der Waals surface area contributed by atoms with Gasteiger partial charge in [-0.1, -0.05) is 98.8 Å². The quantitative estimate of drug-likeness (QED) is 0.193. The summed E-state index contributed by atoms with van der Waals surface area (Å²) in [5.41, 5.74) is 1.46. The lowest BCUT2D eigenvalue weighted by Crippen LogP contribution is -2.52. The molecule has 1 aliphatic heterocycles. The van der Waals surface area contributed by atoms with Crippen LogP contribution in [-0.2, 0) is 20.7 Å². The van der Waals surface area contributed by atoms with Crippen LogP contribution in [0.15, 0.2) is 48.5 Å². The van der Waals surface area contributed by atoms with Gasteiger partial charge in [0.2, 0.25) is 11.8 Å². The monoisotopic (exact) mass is 671 g/mol. The number of benzene rings is 2. The number of halogens is 2. The van der Waals surface area contributed by atoms with Crippen LogP contribution in [0.3, 0.4) is 0 Å². The van der Waals surface area contributed by atoms with E-state index in [1.165, 1.54) is 12.8 Å². The van der Waals surface area contributed by atoms with Gasteiger partial charge in [-0.15, -0.1) is 0 Å². The van der Waals surface area contributed by atoms with Crippen molar-refractivity contribution in [3.05, 3.63) is 69.7 Å². The highest BCUT2D eigenvalue weighted by molar-refractivity contribution is 6.30. The van der Waals surface area contributed by atoms with Gasteiger partial charge < -0.3 is 25.8 Å². The van der Waals surface area contributed by atoms with E-state index in [-0.39, 0.29) is 29.9 Å². The molecular weight excluding hydrogens is 625 g/mol. The third kappa shape index (κ3) is 9.61. The summed E-state index contributed by atoms with van der Waals surface area (Å²) >= 11 is 12.5. The minimum atomic E-state index is -0.849. The Bertz CT molecular complexity index is 1340. The van der Waals surface area contributed by atoms with Crippen molar-refractivity contribution in [2.75, 3.05) is 6.61 Å². The molecule has 0 aromatic heterocycles. The van der Waals surface area contributed by atoms with Crippen molar-refractivity contribution in [1.82, 2.24) is 16.0 Å². The SMILES string of the molecule is O=C(N[C@@H](CC1CCCCC1)C(=O)NC(CO)CC1CC2(CCCCC2)NC1=O)OC(Cc1cccc(Cl)c1)c1cccc(Cl)c1. The molecule has 46 heavy (non-hydrogen) atoms. The van der Waals surface area contributed by atoms with E-state index >= 15 is 0 Å². The summed E-state index contributed by atoms with van der Waals surface area (Å²) in [5.74, 6) is -0.349. The number of hydrogen-bond acceptors (Lipinski definition) is 5. The van der Waals surface area contributed by atoms with Crippen LogP contribution in [0, 0.1) is 11.8 Å². The molecule has 2 aromatic carbocycles. The molecule has 2 aliphatic carbocycles. The highest BCUT2D eigenvalue weighted by Crippen LogP contribution is 2.39. The second-order valence-electron chi connectivity index (χ2n) is 13.6. The van der Waals surface area contributed by atoms with E-state index in [4.69, 9.17) is 27.9 Å². The zero-order valence-electron chi connectivity index (χ0n) is 26.4. The van der Waals surface area contributed by atoms with Crippen LogP contribution in [0.4, 0.5) is 4.79 Å². The standard InChI is InChI=1S/C36H47Cl2N3O5/c37-28-13-7-11-25(17-28)19-32(26-12-8-14-29(38)20-26)46-35(45)40-31(18-24-9-3-1-4-10-24)34(44)39-30(23-42)21-27-22-36(41-33(27)43)15-5-2-6-16-36/h7-8,11-14,17,20,24,27,30-32,42H,1-6,9-10,15-16,18-19,21-23H2,(H,39,44)(H,40,45)(H,41,43)/t27?,30?,31-,32?/m0/s1. The molecule has 3 fully saturated rings. The van der Waals surface area contributed by atoms with Gasteiger partial charge in [-0.2, -0.15) is 0 Å². The van der Waals surface area contributed by atoms with Crippen molar-refractivity contribution in [2.24, 2.45) is 11.8 Å². The molecule has 1 spiro atoms. The lowest BCUT2D eigenvalue weighted by molar-refractivity contribution is -0.126. The van der Waals surface area contributed by atoms with Crippen LogP contribution in [-0.4, -0.2) is 47.2 Å². The Labute approximate surface area is 282 Å². The number of rotatable bonds is 12. The van der Waals surface area contributed by atoms with Gasteiger partial charge in [0, 0.05) is 27.9 Å². The predicted octanol–water partition coefficient (Wildman–Crippen LogP) is 7.05. The van der Waals surface area contributed by atoms with Crippen molar-refractivity contribution >= 4 is 41.1 Å². The van der Waals surface area contributed by atoms with Gasteiger partial charge in [0.25, 0.3) is 0 Å². The summed E-state index contributed by atoms with van der Waals surface area (Å²) in [6.07, 6.45) is 11.3. The second-order valence-corrected chi connectivity index (χ2v) is 14.4. The maximum absolute atomic E-state index is 13.8. The lowest BCUT2D eigenvalue weighted by Gasteiger charge is -2.33. The molecular formula is C36H47Cl2N3O5. The zero-order chi connectivity index (χ0) is 32.5. The zero-order valence-corrected chi connectivity index (χ0v) is 28.0. The Morgan fingerprint density at radius 2 is 1.63 bits per heavy atom. The lowest BCUT2D eigenvalue weighted by atomic mass is 9.78. The van der Waals surface area contributed by atoms with Crippen LogP contribution in [0.25, 0.3) is 0 Å².